The van der Waals surface area contributed by atoms with Crippen molar-refractivity contribution in [2.75, 3.05) is 0 Å². The van der Waals surface area contributed by atoms with E-state index >= 15 is 0 Å². The van der Waals surface area contributed by atoms with E-state index in [4.69, 9.17) is 14.4 Å². The summed E-state index contributed by atoms with van der Waals surface area (Å²) in [6, 6.07) is 50.2. The number of amidine groups is 2. The van der Waals surface area contributed by atoms with Crippen molar-refractivity contribution < 1.29 is 4.42 Å². The van der Waals surface area contributed by atoms with Gasteiger partial charge in [0.15, 0.2) is 11.4 Å². The predicted molar refractivity (Wildman–Crippen MR) is 180 cm³/mol. The van der Waals surface area contributed by atoms with Gasteiger partial charge in [-0.05, 0) is 24.3 Å². The molecule has 44 heavy (non-hydrogen) atoms. The fraction of sp³-hybridized carbons (Fsp3) is 0.0256. The summed E-state index contributed by atoms with van der Waals surface area (Å²) in [5.74, 6) is 1.49. The van der Waals surface area contributed by atoms with E-state index in [-0.39, 0.29) is 6.17 Å². The second kappa shape index (κ2) is 9.82. The van der Waals surface area contributed by atoms with Gasteiger partial charge in [-0.2, -0.15) is 0 Å². The number of fused-ring (bicyclic) bond motifs is 6. The Labute approximate surface area is 253 Å². The molecule has 0 fully saturated rings. The van der Waals surface area contributed by atoms with Crippen LogP contribution in [0.25, 0.3) is 49.4 Å². The van der Waals surface area contributed by atoms with Gasteiger partial charge >= 0.3 is 0 Å². The minimum Gasteiger partial charge on any atom is -0.454 e. The van der Waals surface area contributed by atoms with Crippen LogP contribution in [0.5, 0.6) is 0 Å². The molecule has 1 atom stereocenters. The van der Waals surface area contributed by atoms with E-state index in [1.54, 1.807) is 0 Å². The van der Waals surface area contributed by atoms with E-state index in [9.17, 15) is 0 Å². The summed E-state index contributed by atoms with van der Waals surface area (Å²) >= 11 is 0. The molecule has 0 saturated heterocycles. The molecule has 0 aliphatic carbocycles. The zero-order valence-corrected chi connectivity index (χ0v) is 23.7. The number of aliphatic imine (C=N–C) groups is 2. The first-order valence-corrected chi connectivity index (χ1v) is 14.8. The summed E-state index contributed by atoms with van der Waals surface area (Å²) in [4.78, 5) is 10.1. The van der Waals surface area contributed by atoms with Crippen molar-refractivity contribution >= 4 is 55.4 Å². The van der Waals surface area contributed by atoms with Gasteiger partial charge in [-0.25, -0.2) is 9.98 Å². The van der Waals surface area contributed by atoms with Crippen molar-refractivity contribution in [1.82, 2.24) is 9.88 Å². The van der Waals surface area contributed by atoms with E-state index in [1.165, 1.54) is 10.8 Å². The minimum atomic E-state index is -0.362. The third-order valence-corrected chi connectivity index (χ3v) is 8.47. The lowest BCUT2D eigenvalue weighted by Gasteiger charge is -2.24. The van der Waals surface area contributed by atoms with Gasteiger partial charge in [0.1, 0.15) is 17.6 Å². The van der Waals surface area contributed by atoms with Gasteiger partial charge in [0.2, 0.25) is 0 Å². The van der Waals surface area contributed by atoms with E-state index in [1.807, 2.05) is 48.5 Å². The van der Waals surface area contributed by atoms with Crippen LogP contribution in [0.3, 0.4) is 0 Å². The number of nitrogens with one attached hydrogen (secondary N) is 1. The number of furan rings is 1. The van der Waals surface area contributed by atoms with Crippen LogP contribution >= 0.6 is 0 Å². The lowest BCUT2D eigenvalue weighted by atomic mass is 10.0. The number of nitrogens with zero attached hydrogens (tertiary/aromatic N) is 3. The number of hydrogen-bond acceptors (Lipinski definition) is 4. The lowest BCUT2D eigenvalue weighted by molar-refractivity contribution is 0.660. The molecule has 8 aromatic rings. The van der Waals surface area contributed by atoms with Gasteiger partial charge in [-0.1, -0.05) is 121 Å². The largest absolute Gasteiger partial charge is 0.454 e. The van der Waals surface area contributed by atoms with E-state index < -0.39 is 0 Å². The second-order valence-electron chi connectivity index (χ2n) is 11.0. The van der Waals surface area contributed by atoms with Gasteiger partial charge in [0, 0.05) is 38.2 Å². The first-order valence-electron chi connectivity index (χ1n) is 14.8. The molecule has 5 nitrogen and oxygen atoms in total. The normalized spacial score (nSPS) is 15.0. The number of para-hydroxylation sites is 3. The first-order chi connectivity index (χ1) is 21.8. The van der Waals surface area contributed by atoms with Crippen LogP contribution in [0.2, 0.25) is 0 Å². The molecular formula is C39H26N4O. The van der Waals surface area contributed by atoms with E-state index in [2.05, 4.69) is 107 Å². The molecule has 3 heterocycles. The predicted octanol–water partition coefficient (Wildman–Crippen LogP) is 9.18. The average Bonchev–Trinajstić information content (AvgIpc) is 3.65. The Kier molecular flexibility index (Phi) is 5.50. The molecule has 5 heteroatoms. The molecule has 0 amide bonds. The number of aromatic nitrogens is 1. The molecule has 1 unspecified atom stereocenters. The Balaban J connectivity index is 1.27. The minimum absolute atomic E-state index is 0.362. The van der Waals surface area contributed by atoms with Crippen LogP contribution in [0.15, 0.2) is 160 Å². The average molecular weight is 567 g/mol. The molecule has 1 aliphatic rings. The maximum absolute atomic E-state index is 6.73. The molecule has 9 rings (SSSR count). The quantitative estimate of drug-likeness (QED) is 0.231. The highest BCUT2D eigenvalue weighted by Crippen LogP contribution is 2.40. The van der Waals surface area contributed by atoms with Crippen LogP contribution in [0.4, 0.5) is 0 Å². The van der Waals surface area contributed by atoms with Crippen molar-refractivity contribution in [3.63, 3.8) is 0 Å². The van der Waals surface area contributed by atoms with Crippen LogP contribution in [0.1, 0.15) is 22.9 Å². The zero-order valence-electron chi connectivity index (χ0n) is 23.7. The van der Waals surface area contributed by atoms with Crippen molar-refractivity contribution in [3.05, 3.63) is 162 Å². The Hall–Kier alpha value is -5.94. The number of benzene rings is 6. The molecule has 1 N–H and O–H groups in total. The standard InChI is InChI=1S/C39H26N4O/c1-3-13-25(14-4-1)37-40-38(26-15-5-2-6-16-26)42-39(41-37)30-20-12-24-34-35(30)29-19-11-23-33(36(29)44-34)43-31-21-9-7-17-27(31)28-18-8-10-22-32(28)43/h1-24,39H,(H,40,41,42). The lowest BCUT2D eigenvalue weighted by Crippen LogP contribution is -2.33. The van der Waals surface area contributed by atoms with Crippen LogP contribution < -0.4 is 5.32 Å². The Bertz CT molecular complexity index is 2360. The maximum atomic E-state index is 6.73. The highest BCUT2D eigenvalue weighted by molar-refractivity contribution is 6.15. The van der Waals surface area contributed by atoms with Crippen LogP contribution in [-0.4, -0.2) is 16.2 Å². The fourth-order valence-corrected chi connectivity index (χ4v) is 6.51. The van der Waals surface area contributed by atoms with Crippen molar-refractivity contribution in [1.29, 1.82) is 0 Å². The summed E-state index contributed by atoms with van der Waals surface area (Å²) in [7, 11) is 0. The van der Waals surface area contributed by atoms with Gasteiger partial charge in [0.05, 0.1) is 16.7 Å². The Morgan fingerprint density at radius 3 is 1.91 bits per heavy atom. The van der Waals surface area contributed by atoms with Crippen LogP contribution in [-0.2, 0) is 0 Å². The van der Waals surface area contributed by atoms with Crippen molar-refractivity contribution in [2.45, 2.75) is 6.17 Å². The van der Waals surface area contributed by atoms with Gasteiger partial charge < -0.3 is 14.3 Å². The summed E-state index contributed by atoms with van der Waals surface area (Å²) in [6.45, 7) is 0. The first kappa shape index (κ1) is 24.6. The fourth-order valence-electron chi connectivity index (χ4n) is 6.51. The molecule has 208 valence electrons. The zero-order chi connectivity index (χ0) is 29.0. The summed E-state index contributed by atoms with van der Waals surface area (Å²) < 4.78 is 9.05. The van der Waals surface area contributed by atoms with E-state index in [0.717, 1.165) is 61.2 Å². The highest BCUT2D eigenvalue weighted by Gasteiger charge is 2.25. The van der Waals surface area contributed by atoms with Crippen LogP contribution in [0, 0.1) is 0 Å². The van der Waals surface area contributed by atoms with E-state index in [0.29, 0.717) is 5.84 Å². The van der Waals surface area contributed by atoms with Gasteiger partial charge in [-0.15, -0.1) is 0 Å². The summed E-state index contributed by atoms with van der Waals surface area (Å²) in [5.41, 5.74) is 8.02. The summed E-state index contributed by atoms with van der Waals surface area (Å²) in [5, 5.41) is 8.18. The molecule has 0 radical (unpaired) electrons. The van der Waals surface area contributed by atoms with Gasteiger partial charge in [0.25, 0.3) is 0 Å². The molecule has 2 aromatic heterocycles. The van der Waals surface area contributed by atoms with Crippen molar-refractivity contribution in [2.24, 2.45) is 9.98 Å². The Morgan fingerprint density at radius 1 is 0.568 bits per heavy atom. The molecule has 0 spiro atoms. The molecule has 6 aromatic carbocycles. The van der Waals surface area contributed by atoms with Crippen molar-refractivity contribution in [3.8, 4) is 5.69 Å². The monoisotopic (exact) mass is 566 g/mol. The number of hydrogen-bond donors (Lipinski definition) is 1. The maximum Gasteiger partial charge on any atom is 0.159 e. The smallest absolute Gasteiger partial charge is 0.159 e. The topological polar surface area (TPSA) is 54.8 Å². The number of rotatable bonds is 4. The molecule has 1 aliphatic heterocycles. The molecular weight excluding hydrogens is 540 g/mol. The molecule has 0 bridgehead atoms. The SMILES string of the molecule is c1ccc(C2=NC(c3cccc4oc5c(-n6c7ccccc7c7ccccc76)cccc5c34)NC(c3ccccc3)=N2)cc1. The Morgan fingerprint density at radius 2 is 1.18 bits per heavy atom. The van der Waals surface area contributed by atoms with Gasteiger partial charge in [-0.3, -0.25) is 0 Å². The summed E-state index contributed by atoms with van der Waals surface area (Å²) in [6.07, 6.45) is -0.362. The third-order valence-electron chi connectivity index (χ3n) is 8.47. The highest BCUT2D eigenvalue weighted by atomic mass is 16.3. The second-order valence-corrected chi connectivity index (χ2v) is 11.0. The third kappa shape index (κ3) is 3.80. The molecule has 0 saturated carbocycles.